The van der Waals surface area contributed by atoms with Gasteiger partial charge in [0.1, 0.15) is 5.69 Å². The quantitative estimate of drug-likeness (QED) is 0.329. The molecule has 1 aliphatic heterocycles. The molecule has 1 saturated heterocycles. The Hall–Kier alpha value is -4.74. The lowest BCUT2D eigenvalue weighted by Gasteiger charge is -2.27. The van der Waals surface area contributed by atoms with E-state index < -0.39 is 17.9 Å². The summed E-state index contributed by atoms with van der Waals surface area (Å²) in [4.78, 5) is 59.6. The Balaban J connectivity index is 1.44. The van der Waals surface area contributed by atoms with E-state index in [0.29, 0.717) is 43.1 Å². The van der Waals surface area contributed by atoms with Gasteiger partial charge in [-0.3, -0.25) is 28.8 Å². The van der Waals surface area contributed by atoms with E-state index in [1.165, 1.54) is 6.20 Å². The second-order valence-corrected chi connectivity index (χ2v) is 12.8. The molecule has 0 radical (unpaired) electrons. The summed E-state index contributed by atoms with van der Waals surface area (Å²) in [6.07, 6.45) is 5.47. The van der Waals surface area contributed by atoms with Gasteiger partial charge in [-0.05, 0) is 55.2 Å². The second-order valence-electron chi connectivity index (χ2n) is 12.8. The molecule has 0 spiro atoms. The predicted molar refractivity (Wildman–Crippen MR) is 169 cm³/mol. The van der Waals surface area contributed by atoms with Crippen molar-refractivity contribution in [1.29, 1.82) is 0 Å². The van der Waals surface area contributed by atoms with Crippen LogP contribution >= 0.6 is 0 Å². The Morgan fingerprint density at radius 3 is 2.44 bits per heavy atom. The first-order chi connectivity index (χ1) is 21.4. The minimum absolute atomic E-state index is 0.151. The number of aromatic nitrogens is 3. The Labute approximate surface area is 262 Å². The fourth-order valence-electron chi connectivity index (χ4n) is 5.50. The van der Waals surface area contributed by atoms with Crippen LogP contribution in [0.15, 0.2) is 48.8 Å². The molecule has 2 aromatic heterocycles. The van der Waals surface area contributed by atoms with Crippen LogP contribution in [0.4, 0.5) is 11.4 Å². The smallest absolute Gasteiger partial charge is 0.305 e. The molecule has 2 fully saturated rings. The van der Waals surface area contributed by atoms with E-state index in [0.717, 1.165) is 30.6 Å². The van der Waals surface area contributed by atoms with Gasteiger partial charge in [-0.1, -0.05) is 26.8 Å². The average molecular weight is 616 g/mol. The van der Waals surface area contributed by atoms with Crippen molar-refractivity contribution in [3.8, 4) is 0 Å². The number of nitrogens with one attached hydrogen (secondary N) is 2. The lowest BCUT2D eigenvalue weighted by molar-refractivity contribution is -0.137. The lowest BCUT2D eigenvalue weighted by atomic mass is 9.92. The first-order valence-corrected chi connectivity index (χ1v) is 15.4. The van der Waals surface area contributed by atoms with Crippen LogP contribution < -0.4 is 15.5 Å². The maximum absolute atomic E-state index is 13.7. The van der Waals surface area contributed by atoms with E-state index in [1.54, 1.807) is 54.3 Å². The van der Waals surface area contributed by atoms with Crippen LogP contribution in [-0.2, 0) is 22.1 Å². The molecule has 1 aliphatic carbocycles. The van der Waals surface area contributed by atoms with Crippen molar-refractivity contribution in [2.75, 3.05) is 36.4 Å². The van der Waals surface area contributed by atoms with Crippen molar-refractivity contribution in [3.63, 3.8) is 0 Å². The predicted octanol–water partition coefficient (Wildman–Crippen LogP) is 3.76. The molecule has 2 aliphatic rings. The number of carboxylic acids is 1. The Kier molecular flexibility index (Phi) is 9.21. The fraction of sp³-hybridized carbons (Fsp3) is 0.455. The summed E-state index contributed by atoms with van der Waals surface area (Å²) in [5, 5.41) is 19.9. The standard InChI is InChI=1S/C33H41N7O5/c1-33(2,3)28-19-27(38(4)37-28)31(44)36-25-17-22(30(43)35-24(18-29(41)42)23-7-5-12-34-20-23)10-11-26(25)39-13-6-14-40(16-15-39)32(45)21-8-9-21/h5,7,10-12,17,19-21,24H,6,8-9,13-16,18H2,1-4H3,(H,35,43)(H,36,44)(H,41,42). The summed E-state index contributed by atoms with van der Waals surface area (Å²) < 4.78 is 1.55. The van der Waals surface area contributed by atoms with Gasteiger partial charge < -0.3 is 25.5 Å². The van der Waals surface area contributed by atoms with Gasteiger partial charge in [-0.2, -0.15) is 5.10 Å². The highest BCUT2D eigenvalue weighted by atomic mass is 16.4. The van der Waals surface area contributed by atoms with Crippen LogP contribution in [0, 0.1) is 5.92 Å². The molecule has 3 amide bonds. The number of carboxylic acid groups (broad SMARTS) is 1. The molecule has 1 atom stereocenters. The van der Waals surface area contributed by atoms with Gasteiger partial charge in [0.05, 0.1) is 29.5 Å². The number of anilines is 2. The molecule has 3 N–H and O–H groups in total. The number of aliphatic carboxylic acids is 1. The number of carbonyl (C=O) groups is 4. The topological polar surface area (TPSA) is 150 Å². The fourth-order valence-corrected chi connectivity index (χ4v) is 5.50. The number of pyridine rings is 1. The maximum atomic E-state index is 13.7. The Morgan fingerprint density at radius 1 is 1.02 bits per heavy atom. The SMILES string of the molecule is Cn1nc(C(C)(C)C)cc1C(=O)Nc1cc(C(=O)NC(CC(=O)O)c2cccnc2)ccc1N1CCCN(C(=O)C2CC2)CC1. The number of nitrogens with zero attached hydrogens (tertiary/aromatic N) is 5. The number of hydrogen-bond donors (Lipinski definition) is 3. The number of benzene rings is 1. The van der Waals surface area contributed by atoms with E-state index in [2.05, 4.69) is 25.6 Å². The molecular formula is C33H41N7O5. The van der Waals surface area contributed by atoms with Gasteiger partial charge in [0.2, 0.25) is 5.91 Å². The molecule has 3 heterocycles. The largest absolute Gasteiger partial charge is 0.481 e. The van der Waals surface area contributed by atoms with Crippen molar-refractivity contribution in [2.45, 2.75) is 57.9 Å². The number of hydrogen-bond acceptors (Lipinski definition) is 7. The van der Waals surface area contributed by atoms with E-state index in [1.807, 2.05) is 25.7 Å². The third-order valence-electron chi connectivity index (χ3n) is 8.23. The van der Waals surface area contributed by atoms with Crippen LogP contribution in [0.1, 0.15) is 84.6 Å². The van der Waals surface area contributed by atoms with Crippen molar-refractivity contribution in [2.24, 2.45) is 13.0 Å². The van der Waals surface area contributed by atoms with Gasteiger partial charge in [0.25, 0.3) is 11.8 Å². The maximum Gasteiger partial charge on any atom is 0.305 e. The molecule has 1 aromatic carbocycles. The molecule has 12 nitrogen and oxygen atoms in total. The van der Waals surface area contributed by atoms with Crippen molar-refractivity contribution >= 4 is 35.1 Å². The number of aryl methyl sites for hydroxylation is 1. The zero-order valence-corrected chi connectivity index (χ0v) is 26.2. The highest BCUT2D eigenvalue weighted by Gasteiger charge is 2.34. The zero-order valence-electron chi connectivity index (χ0n) is 26.2. The molecule has 238 valence electrons. The van der Waals surface area contributed by atoms with Crippen LogP contribution in [0.2, 0.25) is 0 Å². The summed E-state index contributed by atoms with van der Waals surface area (Å²) in [6.45, 7) is 8.57. The molecule has 1 saturated carbocycles. The molecule has 1 unspecified atom stereocenters. The van der Waals surface area contributed by atoms with E-state index in [4.69, 9.17) is 0 Å². The normalized spacial score (nSPS) is 16.1. The highest BCUT2D eigenvalue weighted by Crippen LogP contribution is 2.33. The van der Waals surface area contributed by atoms with Gasteiger partial charge in [-0.25, -0.2) is 0 Å². The van der Waals surface area contributed by atoms with Crippen LogP contribution in [0.25, 0.3) is 0 Å². The van der Waals surface area contributed by atoms with E-state index in [-0.39, 0.29) is 35.1 Å². The third kappa shape index (κ3) is 7.68. The van der Waals surface area contributed by atoms with Crippen molar-refractivity contribution in [3.05, 3.63) is 71.3 Å². The van der Waals surface area contributed by atoms with Gasteiger partial charge in [0.15, 0.2) is 0 Å². The molecule has 5 rings (SSSR count). The molecule has 12 heteroatoms. The third-order valence-corrected chi connectivity index (χ3v) is 8.23. The summed E-state index contributed by atoms with van der Waals surface area (Å²) in [5.74, 6) is -1.56. The summed E-state index contributed by atoms with van der Waals surface area (Å²) >= 11 is 0. The van der Waals surface area contributed by atoms with Crippen LogP contribution in [0.5, 0.6) is 0 Å². The number of amides is 3. The van der Waals surface area contributed by atoms with Crippen molar-refractivity contribution < 1.29 is 24.3 Å². The minimum Gasteiger partial charge on any atom is -0.481 e. The highest BCUT2D eigenvalue weighted by molar-refractivity contribution is 6.06. The molecule has 45 heavy (non-hydrogen) atoms. The summed E-state index contributed by atoms with van der Waals surface area (Å²) in [6, 6.07) is 9.44. The lowest BCUT2D eigenvalue weighted by Crippen LogP contribution is -2.36. The molecular weight excluding hydrogens is 574 g/mol. The van der Waals surface area contributed by atoms with Gasteiger partial charge in [0, 0.05) is 62.5 Å². The van der Waals surface area contributed by atoms with Gasteiger partial charge >= 0.3 is 5.97 Å². The first kappa shape index (κ1) is 31.7. The van der Waals surface area contributed by atoms with Gasteiger partial charge in [-0.15, -0.1) is 0 Å². The second kappa shape index (κ2) is 13.1. The minimum atomic E-state index is -1.06. The summed E-state index contributed by atoms with van der Waals surface area (Å²) in [5.41, 5.74) is 2.88. The monoisotopic (exact) mass is 615 g/mol. The summed E-state index contributed by atoms with van der Waals surface area (Å²) in [7, 11) is 1.72. The first-order valence-electron chi connectivity index (χ1n) is 15.4. The Bertz CT molecular complexity index is 1580. The average Bonchev–Trinajstić information content (AvgIpc) is 3.80. The van der Waals surface area contributed by atoms with Crippen molar-refractivity contribution in [1.82, 2.24) is 25.0 Å². The number of rotatable bonds is 9. The Morgan fingerprint density at radius 2 is 1.80 bits per heavy atom. The van der Waals surface area contributed by atoms with Crippen LogP contribution in [0.3, 0.4) is 0 Å². The van der Waals surface area contributed by atoms with Crippen LogP contribution in [-0.4, -0.2) is 74.6 Å². The van der Waals surface area contributed by atoms with E-state index >= 15 is 0 Å². The molecule has 0 bridgehead atoms. The zero-order chi connectivity index (χ0) is 32.3. The molecule has 3 aromatic rings. The van der Waals surface area contributed by atoms with E-state index in [9.17, 15) is 24.3 Å². The number of carbonyl (C=O) groups excluding carboxylic acids is 3.